The molecule has 0 aliphatic carbocycles. The van der Waals surface area contributed by atoms with Crippen LogP contribution < -0.4 is 5.32 Å². The van der Waals surface area contributed by atoms with E-state index in [1.807, 2.05) is 22.6 Å². The van der Waals surface area contributed by atoms with Gasteiger partial charge in [-0.15, -0.1) is 0 Å². The monoisotopic (exact) mass is 284 g/mol. The third kappa shape index (κ3) is 2.56. The van der Waals surface area contributed by atoms with Crippen LogP contribution in [0.3, 0.4) is 0 Å². The SMILES string of the molecule is O=C(C(O)CI)N1CCNCC1. The molecule has 4 nitrogen and oxygen atoms in total. The van der Waals surface area contributed by atoms with Crippen LogP contribution >= 0.6 is 22.6 Å². The Labute approximate surface area is 85.5 Å². The molecule has 1 heterocycles. The molecule has 2 N–H and O–H groups in total. The number of hydrogen-bond donors (Lipinski definition) is 2. The molecule has 0 aromatic heterocycles. The fourth-order valence-corrected chi connectivity index (χ4v) is 1.54. The zero-order chi connectivity index (χ0) is 8.97. The lowest BCUT2D eigenvalue weighted by Gasteiger charge is -2.28. The van der Waals surface area contributed by atoms with Crippen LogP contribution in [0.2, 0.25) is 0 Å². The van der Waals surface area contributed by atoms with E-state index in [1.54, 1.807) is 4.90 Å². The lowest BCUT2D eigenvalue weighted by atomic mass is 10.3. The number of hydrogen-bond acceptors (Lipinski definition) is 3. The summed E-state index contributed by atoms with van der Waals surface area (Å²) in [5.74, 6) is -0.133. The van der Waals surface area contributed by atoms with Crippen molar-refractivity contribution in [1.29, 1.82) is 0 Å². The minimum Gasteiger partial charge on any atom is -0.382 e. The van der Waals surface area contributed by atoms with Crippen molar-refractivity contribution in [3.63, 3.8) is 0 Å². The van der Waals surface area contributed by atoms with E-state index in [0.717, 1.165) is 13.1 Å². The summed E-state index contributed by atoms with van der Waals surface area (Å²) in [7, 11) is 0. The Kier molecular flexibility index (Phi) is 4.24. The van der Waals surface area contributed by atoms with Gasteiger partial charge < -0.3 is 15.3 Å². The average molecular weight is 284 g/mol. The molecule has 1 amide bonds. The molecule has 1 rings (SSSR count). The molecular weight excluding hydrogens is 271 g/mol. The number of amides is 1. The second-order valence-corrected chi connectivity index (χ2v) is 3.63. The fourth-order valence-electron chi connectivity index (χ4n) is 1.16. The Hall–Kier alpha value is 0.120. The molecule has 1 unspecified atom stereocenters. The van der Waals surface area contributed by atoms with E-state index in [2.05, 4.69) is 5.32 Å². The first kappa shape index (κ1) is 10.2. The van der Waals surface area contributed by atoms with Crippen molar-refractivity contribution in [2.45, 2.75) is 6.10 Å². The molecule has 12 heavy (non-hydrogen) atoms. The van der Waals surface area contributed by atoms with Crippen LogP contribution in [0, 0.1) is 0 Å². The highest BCUT2D eigenvalue weighted by atomic mass is 127. The predicted molar refractivity (Wildman–Crippen MR) is 54.3 cm³/mol. The Morgan fingerprint density at radius 2 is 2.17 bits per heavy atom. The van der Waals surface area contributed by atoms with E-state index in [9.17, 15) is 9.90 Å². The summed E-state index contributed by atoms with van der Waals surface area (Å²) >= 11 is 2.01. The summed E-state index contributed by atoms with van der Waals surface area (Å²) < 4.78 is 0.473. The maximum Gasteiger partial charge on any atom is 0.252 e. The van der Waals surface area contributed by atoms with Gasteiger partial charge in [0.1, 0.15) is 6.10 Å². The second-order valence-electron chi connectivity index (χ2n) is 2.75. The largest absolute Gasteiger partial charge is 0.382 e. The van der Waals surface area contributed by atoms with E-state index in [-0.39, 0.29) is 5.91 Å². The number of carbonyl (C=O) groups excluding carboxylic acids is 1. The Morgan fingerprint density at radius 1 is 1.58 bits per heavy atom. The van der Waals surface area contributed by atoms with Crippen LogP contribution in [-0.4, -0.2) is 52.6 Å². The van der Waals surface area contributed by atoms with Gasteiger partial charge in [-0.3, -0.25) is 4.79 Å². The number of rotatable bonds is 2. The van der Waals surface area contributed by atoms with Crippen LogP contribution in [0.15, 0.2) is 0 Å². The predicted octanol–water partition coefficient (Wildman–Crippen LogP) is -0.786. The highest BCUT2D eigenvalue weighted by Crippen LogP contribution is 2.00. The zero-order valence-corrected chi connectivity index (χ0v) is 8.95. The van der Waals surface area contributed by atoms with Crippen LogP contribution in [0.1, 0.15) is 0 Å². The van der Waals surface area contributed by atoms with Crippen molar-refractivity contribution in [1.82, 2.24) is 10.2 Å². The van der Waals surface area contributed by atoms with E-state index >= 15 is 0 Å². The molecule has 1 saturated heterocycles. The molecule has 5 heteroatoms. The smallest absolute Gasteiger partial charge is 0.252 e. The standard InChI is InChI=1S/C7H13IN2O2/c8-5-6(11)7(12)10-3-1-9-2-4-10/h6,9,11H,1-5H2. The normalized spacial score (nSPS) is 20.7. The Balaban J connectivity index is 2.39. The molecule has 0 saturated carbocycles. The number of carbonyl (C=O) groups is 1. The van der Waals surface area contributed by atoms with Crippen LogP contribution in [-0.2, 0) is 4.79 Å². The van der Waals surface area contributed by atoms with Crippen LogP contribution in [0.4, 0.5) is 0 Å². The van der Waals surface area contributed by atoms with E-state index in [1.165, 1.54) is 0 Å². The lowest BCUT2D eigenvalue weighted by molar-refractivity contribution is -0.139. The Morgan fingerprint density at radius 3 is 2.67 bits per heavy atom. The number of nitrogens with one attached hydrogen (secondary N) is 1. The first-order valence-electron chi connectivity index (χ1n) is 3.99. The molecule has 0 bridgehead atoms. The van der Waals surface area contributed by atoms with Crippen molar-refractivity contribution in [2.24, 2.45) is 0 Å². The van der Waals surface area contributed by atoms with Gasteiger partial charge in [0.2, 0.25) is 0 Å². The van der Waals surface area contributed by atoms with Gasteiger partial charge in [0.05, 0.1) is 0 Å². The third-order valence-electron chi connectivity index (χ3n) is 1.86. The summed E-state index contributed by atoms with van der Waals surface area (Å²) in [6, 6.07) is 0. The zero-order valence-electron chi connectivity index (χ0n) is 6.79. The van der Waals surface area contributed by atoms with E-state index in [0.29, 0.717) is 17.5 Å². The minimum atomic E-state index is -0.816. The van der Waals surface area contributed by atoms with Crippen LogP contribution in [0.5, 0.6) is 0 Å². The number of aliphatic hydroxyl groups excluding tert-OH is 1. The minimum absolute atomic E-state index is 0.133. The van der Waals surface area contributed by atoms with Gasteiger partial charge in [-0.2, -0.15) is 0 Å². The van der Waals surface area contributed by atoms with Crippen molar-refractivity contribution in [2.75, 3.05) is 30.6 Å². The van der Waals surface area contributed by atoms with Gasteiger partial charge in [-0.1, -0.05) is 22.6 Å². The summed E-state index contributed by atoms with van der Waals surface area (Å²) in [6.07, 6.45) is -0.816. The fraction of sp³-hybridized carbons (Fsp3) is 0.857. The molecule has 1 aliphatic rings. The first-order valence-corrected chi connectivity index (χ1v) is 5.52. The molecule has 70 valence electrons. The highest BCUT2D eigenvalue weighted by Gasteiger charge is 2.21. The molecular formula is C7H13IN2O2. The number of piperazine rings is 1. The maximum absolute atomic E-state index is 11.4. The molecule has 0 radical (unpaired) electrons. The first-order chi connectivity index (χ1) is 5.75. The molecule has 1 fully saturated rings. The molecule has 1 atom stereocenters. The van der Waals surface area contributed by atoms with Crippen LogP contribution in [0.25, 0.3) is 0 Å². The number of nitrogens with zero attached hydrogens (tertiary/aromatic N) is 1. The van der Waals surface area contributed by atoms with Gasteiger partial charge in [0.25, 0.3) is 5.91 Å². The van der Waals surface area contributed by atoms with Gasteiger partial charge >= 0.3 is 0 Å². The average Bonchev–Trinajstić information content (AvgIpc) is 2.17. The van der Waals surface area contributed by atoms with Gasteiger partial charge in [0, 0.05) is 30.6 Å². The topological polar surface area (TPSA) is 52.6 Å². The summed E-state index contributed by atoms with van der Waals surface area (Å²) in [5.41, 5.74) is 0. The third-order valence-corrected chi connectivity index (χ3v) is 2.69. The van der Waals surface area contributed by atoms with E-state index in [4.69, 9.17) is 0 Å². The summed E-state index contributed by atoms with van der Waals surface area (Å²) in [6.45, 7) is 3.10. The highest BCUT2D eigenvalue weighted by molar-refractivity contribution is 14.1. The van der Waals surface area contributed by atoms with Crippen molar-refractivity contribution in [3.05, 3.63) is 0 Å². The Bertz CT molecular complexity index is 159. The molecule has 1 aliphatic heterocycles. The van der Waals surface area contributed by atoms with Crippen molar-refractivity contribution < 1.29 is 9.90 Å². The van der Waals surface area contributed by atoms with Gasteiger partial charge in [-0.05, 0) is 0 Å². The molecule has 0 aromatic rings. The van der Waals surface area contributed by atoms with Gasteiger partial charge in [0.15, 0.2) is 0 Å². The second kappa shape index (κ2) is 4.98. The molecule has 0 spiro atoms. The molecule has 0 aromatic carbocycles. The number of aliphatic hydroxyl groups is 1. The summed E-state index contributed by atoms with van der Waals surface area (Å²) in [5, 5.41) is 12.4. The van der Waals surface area contributed by atoms with Gasteiger partial charge in [-0.25, -0.2) is 0 Å². The van der Waals surface area contributed by atoms with Crippen molar-refractivity contribution >= 4 is 28.5 Å². The quantitative estimate of drug-likeness (QED) is 0.516. The maximum atomic E-state index is 11.4. The number of halogens is 1. The van der Waals surface area contributed by atoms with E-state index < -0.39 is 6.10 Å². The van der Waals surface area contributed by atoms with Crippen molar-refractivity contribution in [3.8, 4) is 0 Å². The number of alkyl halides is 1. The summed E-state index contributed by atoms with van der Waals surface area (Å²) in [4.78, 5) is 13.1. The lowest BCUT2D eigenvalue weighted by Crippen LogP contribution is -2.50.